The van der Waals surface area contributed by atoms with Crippen molar-refractivity contribution in [2.45, 2.75) is 6.54 Å². The second-order valence-electron chi connectivity index (χ2n) is 5.81. The summed E-state index contributed by atoms with van der Waals surface area (Å²) in [5.74, 6) is 1.72. The van der Waals surface area contributed by atoms with Crippen molar-refractivity contribution in [3.63, 3.8) is 0 Å². The van der Waals surface area contributed by atoms with Crippen molar-refractivity contribution >= 4 is 29.4 Å². The Labute approximate surface area is 145 Å². The molecule has 0 radical (unpaired) electrons. The summed E-state index contributed by atoms with van der Waals surface area (Å²) in [6, 6.07) is 16.1. The standard InChI is InChI=1S/C19H18N2O2S/c22-19-12-23-18-7-6-15(8-16-10-20-13-24-16)9-17(18)21(19)11-14-4-2-1-3-5-14/h1-9,20H,10-13H2. The van der Waals surface area contributed by atoms with Gasteiger partial charge in [-0.15, -0.1) is 11.8 Å². The Morgan fingerprint density at radius 3 is 2.88 bits per heavy atom. The lowest BCUT2D eigenvalue weighted by atomic mass is 10.1. The van der Waals surface area contributed by atoms with Crippen LogP contribution in [0.25, 0.3) is 6.08 Å². The van der Waals surface area contributed by atoms with Gasteiger partial charge in [0.2, 0.25) is 0 Å². The Morgan fingerprint density at radius 1 is 1.21 bits per heavy atom. The third-order valence-electron chi connectivity index (χ3n) is 4.10. The summed E-state index contributed by atoms with van der Waals surface area (Å²) in [5.41, 5.74) is 3.05. The Morgan fingerprint density at radius 2 is 2.08 bits per heavy atom. The van der Waals surface area contributed by atoms with E-state index in [9.17, 15) is 4.79 Å². The van der Waals surface area contributed by atoms with Crippen LogP contribution >= 0.6 is 11.8 Å². The summed E-state index contributed by atoms with van der Waals surface area (Å²) in [6.07, 6.45) is 2.17. The molecule has 1 fully saturated rings. The number of carbonyl (C=O) groups excluding carboxylic acids is 1. The van der Waals surface area contributed by atoms with E-state index in [4.69, 9.17) is 4.74 Å². The van der Waals surface area contributed by atoms with E-state index in [0.29, 0.717) is 6.54 Å². The molecule has 122 valence electrons. The number of hydrogen-bond donors (Lipinski definition) is 1. The molecule has 2 heterocycles. The van der Waals surface area contributed by atoms with Crippen LogP contribution in [0.15, 0.2) is 53.4 Å². The highest BCUT2D eigenvalue weighted by atomic mass is 32.2. The van der Waals surface area contributed by atoms with E-state index < -0.39 is 0 Å². The molecular weight excluding hydrogens is 320 g/mol. The highest BCUT2D eigenvalue weighted by Gasteiger charge is 2.25. The van der Waals surface area contributed by atoms with Crippen LogP contribution in [0, 0.1) is 0 Å². The number of hydrogen-bond acceptors (Lipinski definition) is 4. The first kappa shape index (κ1) is 15.3. The number of nitrogens with zero attached hydrogens (tertiary/aromatic N) is 1. The first-order valence-electron chi connectivity index (χ1n) is 7.95. The maximum atomic E-state index is 12.4. The topological polar surface area (TPSA) is 41.6 Å². The van der Waals surface area contributed by atoms with Gasteiger partial charge in [0.05, 0.1) is 12.2 Å². The Hall–Kier alpha value is -2.24. The van der Waals surface area contributed by atoms with Crippen molar-refractivity contribution < 1.29 is 9.53 Å². The van der Waals surface area contributed by atoms with E-state index in [2.05, 4.69) is 11.4 Å². The lowest BCUT2D eigenvalue weighted by Crippen LogP contribution is -2.38. The van der Waals surface area contributed by atoms with Gasteiger partial charge in [-0.3, -0.25) is 4.79 Å². The zero-order valence-electron chi connectivity index (χ0n) is 13.2. The molecule has 1 saturated heterocycles. The zero-order chi connectivity index (χ0) is 16.4. The van der Waals surface area contributed by atoms with Crippen molar-refractivity contribution in [2.24, 2.45) is 0 Å². The number of amides is 1. The predicted molar refractivity (Wildman–Crippen MR) is 98.0 cm³/mol. The lowest BCUT2D eigenvalue weighted by molar-refractivity contribution is -0.121. The molecule has 24 heavy (non-hydrogen) atoms. The molecule has 2 aliphatic heterocycles. The predicted octanol–water partition coefficient (Wildman–Crippen LogP) is 3.25. The fraction of sp³-hybridized carbons (Fsp3) is 0.211. The number of rotatable bonds is 3. The normalized spacial score (nSPS) is 18.6. The third kappa shape index (κ3) is 3.18. The van der Waals surface area contributed by atoms with Crippen molar-refractivity contribution in [1.82, 2.24) is 5.32 Å². The Balaban J connectivity index is 1.67. The van der Waals surface area contributed by atoms with Crippen LogP contribution in [-0.2, 0) is 11.3 Å². The number of fused-ring (bicyclic) bond motifs is 1. The highest BCUT2D eigenvalue weighted by Crippen LogP contribution is 2.35. The molecule has 4 rings (SSSR count). The van der Waals surface area contributed by atoms with Crippen molar-refractivity contribution in [2.75, 3.05) is 23.9 Å². The van der Waals surface area contributed by atoms with Gasteiger partial charge >= 0.3 is 0 Å². The van der Waals surface area contributed by atoms with Gasteiger partial charge < -0.3 is 15.0 Å². The molecule has 2 aliphatic rings. The zero-order valence-corrected chi connectivity index (χ0v) is 14.0. The summed E-state index contributed by atoms with van der Waals surface area (Å²) < 4.78 is 5.60. The number of anilines is 1. The fourth-order valence-corrected chi connectivity index (χ4v) is 3.71. The number of nitrogens with one attached hydrogen (secondary N) is 1. The van der Waals surface area contributed by atoms with Gasteiger partial charge in [-0.2, -0.15) is 0 Å². The molecule has 0 atom stereocenters. The quantitative estimate of drug-likeness (QED) is 0.933. The summed E-state index contributed by atoms with van der Waals surface area (Å²) in [6.45, 7) is 1.57. The van der Waals surface area contributed by atoms with E-state index in [0.717, 1.165) is 35.0 Å². The largest absolute Gasteiger partial charge is 0.482 e. The summed E-state index contributed by atoms with van der Waals surface area (Å²) >= 11 is 1.82. The summed E-state index contributed by atoms with van der Waals surface area (Å²) in [7, 11) is 0. The minimum Gasteiger partial charge on any atom is -0.482 e. The van der Waals surface area contributed by atoms with E-state index in [1.165, 1.54) is 4.91 Å². The number of thioether (sulfide) groups is 1. The van der Waals surface area contributed by atoms with Gasteiger partial charge in [0.1, 0.15) is 5.75 Å². The van der Waals surface area contributed by atoms with E-state index >= 15 is 0 Å². The van der Waals surface area contributed by atoms with Gasteiger partial charge in [0, 0.05) is 17.3 Å². The average molecular weight is 338 g/mol. The van der Waals surface area contributed by atoms with Crippen molar-refractivity contribution in [3.05, 3.63) is 64.6 Å². The molecule has 0 bridgehead atoms. The monoisotopic (exact) mass is 338 g/mol. The van der Waals surface area contributed by atoms with Gasteiger partial charge in [0.25, 0.3) is 5.91 Å². The number of carbonyl (C=O) groups is 1. The average Bonchev–Trinajstić information content (AvgIpc) is 3.11. The molecule has 1 amide bonds. The maximum Gasteiger partial charge on any atom is 0.265 e. The molecule has 4 nitrogen and oxygen atoms in total. The SMILES string of the molecule is O=C1COc2ccc(C=C3CNCS3)cc2N1Cc1ccccc1. The molecule has 2 aromatic rings. The Kier molecular flexibility index (Phi) is 4.28. The third-order valence-corrected chi connectivity index (χ3v) is 5.08. The fourth-order valence-electron chi connectivity index (χ4n) is 2.90. The van der Waals surface area contributed by atoms with Crippen LogP contribution in [0.4, 0.5) is 5.69 Å². The number of benzene rings is 2. The highest BCUT2D eigenvalue weighted by molar-refractivity contribution is 8.03. The summed E-state index contributed by atoms with van der Waals surface area (Å²) in [5, 5.41) is 3.31. The smallest absolute Gasteiger partial charge is 0.265 e. The molecular formula is C19H18N2O2S. The van der Waals surface area contributed by atoms with Gasteiger partial charge in [-0.05, 0) is 29.3 Å². The number of ether oxygens (including phenoxy) is 1. The molecule has 0 spiro atoms. The van der Waals surface area contributed by atoms with Crippen LogP contribution in [-0.4, -0.2) is 24.9 Å². The van der Waals surface area contributed by atoms with Gasteiger partial charge in [-0.25, -0.2) is 0 Å². The summed E-state index contributed by atoms with van der Waals surface area (Å²) in [4.78, 5) is 15.5. The minimum atomic E-state index is -0.00642. The van der Waals surface area contributed by atoms with Crippen LogP contribution in [0.5, 0.6) is 5.75 Å². The maximum absolute atomic E-state index is 12.4. The first-order chi connectivity index (χ1) is 11.8. The molecule has 1 N–H and O–H groups in total. The van der Waals surface area contributed by atoms with Crippen LogP contribution < -0.4 is 15.0 Å². The molecule has 2 aromatic carbocycles. The minimum absolute atomic E-state index is 0.00642. The second kappa shape index (κ2) is 6.71. The molecule has 5 heteroatoms. The van der Waals surface area contributed by atoms with Crippen molar-refractivity contribution in [1.29, 1.82) is 0 Å². The van der Waals surface area contributed by atoms with Gasteiger partial charge in [-0.1, -0.05) is 36.4 Å². The molecule has 0 saturated carbocycles. The van der Waals surface area contributed by atoms with Crippen LogP contribution in [0.3, 0.4) is 0 Å². The first-order valence-corrected chi connectivity index (χ1v) is 8.93. The van der Waals surface area contributed by atoms with E-state index in [-0.39, 0.29) is 12.5 Å². The van der Waals surface area contributed by atoms with Gasteiger partial charge in [0.15, 0.2) is 6.61 Å². The second-order valence-corrected chi connectivity index (χ2v) is 6.91. The molecule has 0 aromatic heterocycles. The van der Waals surface area contributed by atoms with Crippen LogP contribution in [0.2, 0.25) is 0 Å². The van der Waals surface area contributed by atoms with E-state index in [1.54, 1.807) is 0 Å². The van der Waals surface area contributed by atoms with E-state index in [1.807, 2.05) is 65.2 Å². The van der Waals surface area contributed by atoms with Crippen molar-refractivity contribution in [3.8, 4) is 5.75 Å². The molecule has 0 aliphatic carbocycles. The van der Waals surface area contributed by atoms with Crippen LogP contribution in [0.1, 0.15) is 11.1 Å². The lowest BCUT2D eigenvalue weighted by Gasteiger charge is -2.29. The molecule has 0 unspecified atom stereocenters. The Bertz CT molecular complexity index is 781.